The summed E-state index contributed by atoms with van der Waals surface area (Å²) in [6, 6.07) is 19.5. The van der Waals surface area contributed by atoms with Crippen molar-refractivity contribution < 1.29 is 18.1 Å². The van der Waals surface area contributed by atoms with Gasteiger partial charge in [-0.15, -0.1) is 0 Å². The molecule has 176 valence electrons. The highest BCUT2D eigenvalue weighted by atomic mass is 19.2. The van der Waals surface area contributed by atoms with E-state index in [2.05, 4.69) is 22.4 Å². The number of aryl methyl sites for hydroxylation is 1. The molecule has 2 heterocycles. The van der Waals surface area contributed by atoms with E-state index in [0.29, 0.717) is 17.1 Å². The van der Waals surface area contributed by atoms with Gasteiger partial charge >= 0.3 is 6.03 Å². The largest absolute Gasteiger partial charge is 0.334 e. The van der Waals surface area contributed by atoms with Crippen molar-refractivity contribution in [2.75, 3.05) is 4.90 Å². The van der Waals surface area contributed by atoms with Crippen molar-refractivity contribution in [1.82, 2.24) is 15.5 Å². The number of anilines is 1. The minimum absolute atomic E-state index is 0.179. The molecule has 4 aromatic rings. The van der Waals surface area contributed by atoms with Gasteiger partial charge in [-0.1, -0.05) is 66.7 Å². The SMILES string of the molecule is CCc1ccc(-c2noc(C3=C(C)N(c4ccc(F)c(F)c4)C(=O)NC3c3ccccc3)n2)cc1. The van der Waals surface area contributed by atoms with Gasteiger partial charge in [0.1, 0.15) is 0 Å². The summed E-state index contributed by atoms with van der Waals surface area (Å²) in [7, 11) is 0. The number of carbonyl (C=O) groups excluding carboxylic acids is 1. The van der Waals surface area contributed by atoms with Crippen molar-refractivity contribution >= 4 is 17.3 Å². The number of urea groups is 1. The minimum atomic E-state index is -1.05. The molecular weight excluding hydrogens is 450 g/mol. The predicted octanol–water partition coefficient (Wildman–Crippen LogP) is 6.28. The van der Waals surface area contributed by atoms with E-state index in [1.54, 1.807) is 6.92 Å². The molecule has 1 atom stereocenters. The average Bonchev–Trinajstić information content (AvgIpc) is 3.36. The summed E-state index contributed by atoms with van der Waals surface area (Å²) in [5, 5.41) is 7.10. The lowest BCUT2D eigenvalue weighted by atomic mass is 9.94. The van der Waals surface area contributed by atoms with E-state index in [1.165, 1.54) is 16.5 Å². The molecule has 0 radical (unpaired) electrons. The summed E-state index contributed by atoms with van der Waals surface area (Å²) < 4.78 is 33.2. The third kappa shape index (κ3) is 4.19. The summed E-state index contributed by atoms with van der Waals surface area (Å²) in [4.78, 5) is 19.0. The van der Waals surface area contributed by atoms with Gasteiger partial charge in [-0.05, 0) is 36.6 Å². The molecule has 2 amide bonds. The zero-order valence-corrected chi connectivity index (χ0v) is 19.1. The Morgan fingerprint density at radius 1 is 1.00 bits per heavy atom. The van der Waals surface area contributed by atoms with Crippen LogP contribution in [-0.4, -0.2) is 16.2 Å². The first kappa shape index (κ1) is 22.5. The van der Waals surface area contributed by atoms with Crippen LogP contribution in [0.1, 0.15) is 36.9 Å². The van der Waals surface area contributed by atoms with E-state index in [0.717, 1.165) is 29.7 Å². The Morgan fingerprint density at radius 2 is 1.74 bits per heavy atom. The molecule has 1 aliphatic heterocycles. The number of allylic oxidation sites excluding steroid dienone is 1. The maximum atomic E-state index is 14.0. The normalized spacial score (nSPS) is 15.9. The van der Waals surface area contributed by atoms with Gasteiger partial charge in [-0.2, -0.15) is 4.98 Å². The molecule has 0 saturated carbocycles. The maximum Gasteiger partial charge on any atom is 0.327 e. The molecule has 0 aliphatic carbocycles. The highest BCUT2D eigenvalue weighted by Crippen LogP contribution is 2.39. The Hall–Kier alpha value is -4.33. The van der Waals surface area contributed by atoms with Gasteiger partial charge in [0.2, 0.25) is 5.82 Å². The van der Waals surface area contributed by atoms with E-state index >= 15 is 0 Å². The van der Waals surface area contributed by atoms with Crippen LogP contribution >= 0.6 is 0 Å². The van der Waals surface area contributed by atoms with Gasteiger partial charge < -0.3 is 9.84 Å². The second kappa shape index (κ2) is 9.13. The van der Waals surface area contributed by atoms with Crippen molar-refractivity contribution in [2.45, 2.75) is 26.3 Å². The van der Waals surface area contributed by atoms with Crippen molar-refractivity contribution in [3.63, 3.8) is 0 Å². The Morgan fingerprint density at radius 3 is 2.43 bits per heavy atom. The number of aromatic nitrogens is 2. The van der Waals surface area contributed by atoms with Gasteiger partial charge in [0.25, 0.3) is 5.89 Å². The Balaban J connectivity index is 1.63. The van der Waals surface area contributed by atoms with Crippen molar-refractivity contribution in [3.8, 4) is 11.4 Å². The third-order valence-electron chi connectivity index (χ3n) is 6.06. The standard InChI is InChI=1S/C27H22F2N4O2/c1-3-17-9-11-19(12-10-17)25-31-26(35-32-25)23-16(2)33(20-13-14-21(28)22(29)15-20)27(34)30-24(23)18-7-5-4-6-8-18/h4-15,24H,3H2,1-2H3,(H,30,34). The molecule has 8 heteroatoms. The fourth-order valence-electron chi connectivity index (χ4n) is 4.19. The number of nitrogens with zero attached hydrogens (tertiary/aromatic N) is 3. The first-order valence-corrected chi connectivity index (χ1v) is 11.2. The van der Waals surface area contributed by atoms with Gasteiger partial charge in [0.05, 0.1) is 17.3 Å². The van der Waals surface area contributed by atoms with E-state index in [1.807, 2.05) is 54.6 Å². The molecule has 1 aromatic heterocycles. The topological polar surface area (TPSA) is 71.3 Å². The molecule has 1 aliphatic rings. The zero-order chi connectivity index (χ0) is 24.5. The monoisotopic (exact) mass is 472 g/mol. The Kier molecular flexibility index (Phi) is 5.86. The van der Waals surface area contributed by atoms with Gasteiger partial charge in [-0.25, -0.2) is 13.6 Å². The number of amides is 2. The average molecular weight is 472 g/mol. The lowest BCUT2D eigenvalue weighted by Gasteiger charge is -2.35. The van der Waals surface area contributed by atoms with Crippen LogP contribution in [0, 0.1) is 11.6 Å². The zero-order valence-electron chi connectivity index (χ0n) is 19.1. The number of hydrogen-bond acceptors (Lipinski definition) is 4. The quantitative estimate of drug-likeness (QED) is 0.371. The molecule has 3 aromatic carbocycles. The summed E-state index contributed by atoms with van der Waals surface area (Å²) in [5.41, 5.74) is 4.00. The van der Waals surface area contributed by atoms with Gasteiger partial charge in [0, 0.05) is 17.3 Å². The highest BCUT2D eigenvalue weighted by Gasteiger charge is 2.36. The Bertz CT molecular complexity index is 1410. The maximum absolute atomic E-state index is 14.0. The van der Waals surface area contributed by atoms with Crippen LogP contribution in [0.15, 0.2) is 83.0 Å². The smallest absolute Gasteiger partial charge is 0.327 e. The molecule has 0 spiro atoms. The molecule has 6 nitrogen and oxygen atoms in total. The van der Waals surface area contributed by atoms with Crippen molar-refractivity contribution in [3.05, 3.63) is 107 Å². The van der Waals surface area contributed by atoms with Crippen LogP contribution in [-0.2, 0) is 6.42 Å². The number of nitrogens with one attached hydrogen (secondary N) is 1. The fraction of sp³-hybridized carbons (Fsp3) is 0.148. The molecule has 1 unspecified atom stereocenters. The van der Waals surface area contributed by atoms with Crippen molar-refractivity contribution in [1.29, 1.82) is 0 Å². The number of rotatable bonds is 5. The molecular formula is C27H22F2N4O2. The lowest BCUT2D eigenvalue weighted by molar-refractivity contribution is 0.244. The molecule has 1 N–H and O–H groups in total. The predicted molar refractivity (Wildman–Crippen MR) is 128 cm³/mol. The highest BCUT2D eigenvalue weighted by molar-refractivity contribution is 6.01. The van der Waals surface area contributed by atoms with E-state index in [9.17, 15) is 13.6 Å². The van der Waals surface area contributed by atoms with Crippen LogP contribution in [0.5, 0.6) is 0 Å². The number of hydrogen-bond donors (Lipinski definition) is 1. The summed E-state index contributed by atoms with van der Waals surface area (Å²) in [6.07, 6.45) is 0.919. The number of halogens is 2. The molecule has 35 heavy (non-hydrogen) atoms. The van der Waals surface area contributed by atoms with Crippen molar-refractivity contribution in [2.24, 2.45) is 0 Å². The van der Waals surface area contributed by atoms with Crippen LogP contribution < -0.4 is 10.2 Å². The summed E-state index contributed by atoms with van der Waals surface area (Å²) in [6.45, 7) is 3.79. The van der Waals surface area contributed by atoms with E-state index in [-0.39, 0.29) is 11.6 Å². The van der Waals surface area contributed by atoms with Crippen LogP contribution in [0.2, 0.25) is 0 Å². The molecule has 0 fully saturated rings. The van der Waals surface area contributed by atoms with Gasteiger partial charge in [0.15, 0.2) is 11.6 Å². The number of carbonyl (C=O) groups is 1. The van der Waals surface area contributed by atoms with E-state index in [4.69, 9.17) is 4.52 Å². The second-order valence-electron chi connectivity index (χ2n) is 8.20. The first-order chi connectivity index (χ1) is 17.0. The molecule has 0 saturated heterocycles. The Labute approximate surface area is 200 Å². The summed E-state index contributed by atoms with van der Waals surface area (Å²) >= 11 is 0. The van der Waals surface area contributed by atoms with Gasteiger partial charge in [-0.3, -0.25) is 4.90 Å². The molecule has 0 bridgehead atoms. The third-order valence-corrected chi connectivity index (χ3v) is 6.06. The number of benzene rings is 3. The lowest BCUT2D eigenvalue weighted by Crippen LogP contribution is -2.46. The van der Waals surface area contributed by atoms with E-state index < -0.39 is 23.7 Å². The first-order valence-electron chi connectivity index (χ1n) is 11.2. The molecule has 5 rings (SSSR count). The second-order valence-corrected chi connectivity index (χ2v) is 8.20. The summed E-state index contributed by atoms with van der Waals surface area (Å²) in [5.74, 6) is -1.42. The fourth-order valence-corrected chi connectivity index (χ4v) is 4.19. The minimum Gasteiger partial charge on any atom is -0.334 e. The van der Waals surface area contributed by atoms with Crippen LogP contribution in [0.25, 0.3) is 17.0 Å². The van der Waals surface area contributed by atoms with Crippen LogP contribution in [0.3, 0.4) is 0 Å². The van der Waals surface area contributed by atoms with Crippen LogP contribution in [0.4, 0.5) is 19.3 Å².